The van der Waals surface area contributed by atoms with Gasteiger partial charge in [-0.3, -0.25) is 4.79 Å². The van der Waals surface area contributed by atoms with Crippen LogP contribution in [0.4, 0.5) is 13.2 Å². The minimum Gasteiger partial charge on any atom is -0.359 e. The summed E-state index contributed by atoms with van der Waals surface area (Å²) in [6, 6.07) is 1.47. The first-order valence-electron chi connectivity index (χ1n) is 7.38. The van der Waals surface area contributed by atoms with Crippen LogP contribution in [0.25, 0.3) is 11.2 Å². The van der Waals surface area contributed by atoms with Crippen molar-refractivity contribution in [2.75, 3.05) is 13.1 Å². The van der Waals surface area contributed by atoms with Gasteiger partial charge in [-0.05, 0) is 19.9 Å². The zero-order chi connectivity index (χ0) is 17.7. The second-order valence-electron chi connectivity index (χ2n) is 6.48. The summed E-state index contributed by atoms with van der Waals surface area (Å²) in [5.74, 6) is -0.508. The number of carbonyl (C=O) groups is 1. The average molecular weight is 342 g/mol. The van der Waals surface area contributed by atoms with E-state index in [1.54, 1.807) is 11.6 Å². The Morgan fingerprint density at radius 2 is 2.08 bits per heavy atom. The first-order valence-corrected chi connectivity index (χ1v) is 7.38. The lowest BCUT2D eigenvalue weighted by Gasteiger charge is -2.43. The molecule has 2 aromatic rings. The van der Waals surface area contributed by atoms with E-state index in [-0.39, 0.29) is 12.1 Å². The monoisotopic (exact) mass is 342 g/mol. The van der Waals surface area contributed by atoms with Crippen LogP contribution in [-0.2, 0) is 11.8 Å². The van der Waals surface area contributed by atoms with E-state index in [4.69, 9.17) is 4.74 Å². The molecule has 0 radical (unpaired) electrons. The van der Waals surface area contributed by atoms with Crippen LogP contribution in [0, 0.1) is 0 Å². The van der Waals surface area contributed by atoms with Crippen molar-refractivity contribution in [2.24, 2.45) is 7.05 Å². The molecule has 0 saturated carbocycles. The Morgan fingerprint density at radius 3 is 2.75 bits per heavy atom. The molecular formula is C15H17F3N4O2. The number of amides is 1. The maximum atomic E-state index is 13.1. The third kappa shape index (κ3) is 2.95. The number of fused-ring (bicyclic) bond motifs is 1. The molecule has 130 valence electrons. The SMILES string of the molecule is Cn1cnc2c(C(=O)N3CC(C(F)(F)F)OC(C)(C)C3)ccnc21. The Bertz CT molecular complexity index is 785. The summed E-state index contributed by atoms with van der Waals surface area (Å²) < 4.78 is 46.0. The van der Waals surface area contributed by atoms with Gasteiger partial charge >= 0.3 is 6.18 Å². The van der Waals surface area contributed by atoms with Crippen molar-refractivity contribution in [1.29, 1.82) is 0 Å². The molecule has 3 rings (SSSR count). The lowest BCUT2D eigenvalue weighted by atomic mass is 10.0. The Hall–Kier alpha value is -2.16. The van der Waals surface area contributed by atoms with Crippen LogP contribution in [-0.4, -0.2) is 56.3 Å². The summed E-state index contributed by atoms with van der Waals surface area (Å²) in [5, 5.41) is 0. The van der Waals surface area contributed by atoms with Crippen LogP contribution in [0.15, 0.2) is 18.6 Å². The molecule has 0 aliphatic carbocycles. The fraction of sp³-hybridized carbons (Fsp3) is 0.533. The standard InChI is InChI=1S/C15H17F3N4O2/c1-14(2)7-22(6-10(24-14)15(16,17)18)13(23)9-4-5-19-12-11(9)20-8-21(12)3/h4-5,8,10H,6-7H2,1-3H3. The predicted molar refractivity (Wildman–Crippen MR) is 79.4 cm³/mol. The zero-order valence-corrected chi connectivity index (χ0v) is 13.5. The quantitative estimate of drug-likeness (QED) is 0.797. The van der Waals surface area contributed by atoms with Crippen LogP contribution >= 0.6 is 0 Å². The van der Waals surface area contributed by atoms with E-state index in [9.17, 15) is 18.0 Å². The number of hydrogen-bond acceptors (Lipinski definition) is 4. The average Bonchev–Trinajstić information content (AvgIpc) is 2.86. The molecule has 1 amide bonds. The number of carbonyl (C=O) groups excluding carboxylic acids is 1. The Morgan fingerprint density at radius 1 is 1.38 bits per heavy atom. The van der Waals surface area contributed by atoms with Gasteiger partial charge in [0, 0.05) is 19.8 Å². The van der Waals surface area contributed by atoms with Gasteiger partial charge in [0.2, 0.25) is 0 Å². The molecule has 24 heavy (non-hydrogen) atoms. The molecule has 0 bridgehead atoms. The number of ether oxygens (including phenoxy) is 1. The number of aryl methyl sites for hydroxylation is 1. The third-order valence-corrected chi connectivity index (χ3v) is 3.90. The number of imidazole rings is 1. The van der Waals surface area contributed by atoms with Crippen molar-refractivity contribution < 1.29 is 22.7 Å². The Balaban J connectivity index is 1.96. The lowest BCUT2D eigenvalue weighted by molar-refractivity contribution is -0.267. The van der Waals surface area contributed by atoms with Crippen molar-refractivity contribution >= 4 is 17.1 Å². The van der Waals surface area contributed by atoms with Crippen LogP contribution in [0.2, 0.25) is 0 Å². The molecule has 1 fully saturated rings. The summed E-state index contributed by atoms with van der Waals surface area (Å²) in [5.41, 5.74) is 0.0162. The van der Waals surface area contributed by atoms with E-state index >= 15 is 0 Å². The molecule has 1 unspecified atom stereocenters. The molecule has 1 aliphatic rings. The van der Waals surface area contributed by atoms with Gasteiger partial charge < -0.3 is 14.2 Å². The normalized spacial score (nSPS) is 21.2. The molecule has 0 spiro atoms. The maximum Gasteiger partial charge on any atom is 0.416 e. The molecule has 1 aliphatic heterocycles. The highest BCUT2D eigenvalue weighted by Gasteiger charge is 2.49. The first-order chi connectivity index (χ1) is 11.1. The van der Waals surface area contributed by atoms with Gasteiger partial charge in [0.05, 0.1) is 24.0 Å². The predicted octanol–water partition coefficient (Wildman–Crippen LogP) is 2.15. The fourth-order valence-corrected chi connectivity index (χ4v) is 2.88. The molecule has 1 atom stereocenters. The highest BCUT2D eigenvalue weighted by Crippen LogP contribution is 2.32. The van der Waals surface area contributed by atoms with Gasteiger partial charge in [-0.25, -0.2) is 9.97 Å². The van der Waals surface area contributed by atoms with Gasteiger partial charge in [0.25, 0.3) is 5.91 Å². The van der Waals surface area contributed by atoms with Crippen molar-refractivity contribution in [1.82, 2.24) is 19.4 Å². The number of morpholine rings is 1. The summed E-state index contributed by atoms with van der Waals surface area (Å²) in [6.45, 7) is 2.60. The number of pyridine rings is 1. The smallest absolute Gasteiger partial charge is 0.359 e. The number of halogens is 3. The van der Waals surface area contributed by atoms with Gasteiger partial charge in [-0.2, -0.15) is 13.2 Å². The molecule has 6 nitrogen and oxygen atoms in total. The summed E-state index contributed by atoms with van der Waals surface area (Å²) >= 11 is 0. The largest absolute Gasteiger partial charge is 0.416 e. The second kappa shape index (κ2) is 5.44. The van der Waals surface area contributed by atoms with Crippen LogP contribution in [0.1, 0.15) is 24.2 Å². The topological polar surface area (TPSA) is 60.2 Å². The highest BCUT2D eigenvalue weighted by atomic mass is 19.4. The van der Waals surface area contributed by atoms with Crippen molar-refractivity contribution in [3.8, 4) is 0 Å². The number of aromatic nitrogens is 3. The molecule has 2 aromatic heterocycles. The van der Waals surface area contributed by atoms with Crippen LogP contribution < -0.4 is 0 Å². The lowest BCUT2D eigenvalue weighted by Crippen LogP contribution is -2.58. The number of rotatable bonds is 1. The first kappa shape index (κ1) is 16.7. The number of hydrogen-bond donors (Lipinski definition) is 0. The Kier molecular flexibility index (Phi) is 3.78. The molecule has 0 aromatic carbocycles. The summed E-state index contributed by atoms with van der Waals surface area (Å²) in [4.78, 5) is 22.3. The van der Waals surface area contributed by atoms with Crippen molar-refractivity contribution in [3.63, 3.8) is 0 Å². The third-order valence-electron chi connectivity index (χ3n) is 3.90. The van der Waals surface area contributed by atoms with E-state index in [2.05, 4.69) is 9.97 Å². The second-order valence-corrected chi connectivity index (χ2v) is 6.48. The minimum atomic E-state index is -4.53. The van der Waals surface area contributed by atoms with Gasteiger partial charge in [0.15, 0.2) is 11.8 Å². The van der Waals surface area contributed by atoms with E-state index < -0.39 is 30.3 Å². The Labute approximate surface area is 136 Å². The van der Waals surface area contributed by atoms with Crippen LogP contribution in [0.5, 0.6) is 0 Å². The maximum absolute atomic E-state index is 13.1. The van der Waals surface area contributed by atoms with E-state index in [1.807, 2.05) is 0 Å². The molecule has 0 N–H and O–H groups in total. The number of alkyl halides is 3. The summed E-state index contributed by atoms with van der Waals surface area (Å²) in [7, 11) is 1.73. The minimum absolute atomic E-state index is 0.0645. The number of nitrogens with zero attached hydrogens (tertiary/aromatic N) is 4. The van der Waals surface area contributed by atoms with Gasteiger partial charge in [0.1, 0.15) is 5.52 Å². The summed E-state index contributed by atoms with van der Waals surface area (Å²) in [6.07, 6.45) is -3.58. The van der Waals surface area contributed by atoms with Crippen molar-refractivity contribution in [2.45, 2.75) is 31.7 Å². The molecule has 3 heterocycles. The molecule has 9 heteroatoms. The van der Waals surface area contributed by atoms with Crippen LogP contribution in [0.3, 0.4) is 0 Å². The highest BCUT2D eigenvalue weighted by molar-refractivity contribution is 6.04. The van der Waals surface area contributed by atoms with E-state index in [1.165, 1.54) is 37.3 Å². The van der Waals surface area contributed by atoms with Gasteiger partial charge in [-0.15, -0.1) is 0 Å². The van der Waals surface area contributed by atoms with E-state index in [0.29, 0.717) is 11.2 Å². The van der Waals surface area contributed by atoms with Crippen molar-refractivity contribution in [3.05, 3.63) is 24.2 Å². The van der Waals surface area contributed by atoms with E-state index in [0.717, 1.165) is 0 Å². The molecular weight excluding hydrogens is 325 g/mol. The van der Waals surface area contributed by atoms with Gasteiger partial charge in [-0.1, -0.05) is 0 Å². The molecule has 1 saturated heterocycles. The fourth-order valence-electron chi connectivity index (χ4n) is 2.88. The zero-order valence-electron chi connectivity index (χ0n) is 13.5.